The average Bonchev–Trinajstić information content (AvgIpc) is 3.92. The minimum absolute atomic E-state index is 0.0296. The zero-order chi connectivity index (χ0) is 51.9. The maximum atomic E-state index is 15.1. The van der Waals surface area contributed by atoms with Crippen LogP contribution in [0.1, 0.15) is 49.8 Å². The molecule has 6 rings (SSSR count). The summed E-state index contributed by atoms with van der Waals surface area (Å²) in [5.74, 6) is -3.46. The molecule has 4 atom stereocenters. The number of rotatable bonds is 24. The van der Waals surface area contributed by atoms with E-state index in [1.807, 2.05) is 44.2 Å². The van der Waals surface area contributed by atoms with Crippen LogP contribution < -0.4 is 41.7 Å². The summed E-state index contributed by atoms with van der Waals surface area (Å²) in [4.78, 5) is 118. The summed E-state index contributed by atoms with van der Waals surface area (Å²) in [6, 6.07) is 18.9. The van der Waals surface area contributed by atoms with E-state index in [0.717, 1.165) is 30.2 Å². The molecule has 22 heteroatoms. The number of nitro groups is 2. The lowest BCUT2D eigenvalue weighted by atomic mass is 10.0. The molecule has 1 aliphatic heterocycles. The molecule has 1 radical (unpaired) electrons. The van der Waals surface area contributed by atoms with Gasteiger partial charge >= 0.3 is 5.63 Å². The molecule has 72 heavy (non-hydrogen) atoms. The summed E-state index contributed by atoms with van der Waals surface area (Å²) in [7, 11) is 1.39. The molecule has 1 fully saturated rings. The topological polar surface area (TPSA) is 301 Å². The average molecular weight is 990 g/mol. The zero-order valence-corrected chi connectivity index (χ0v) is 39.5. The van der Waals surface area contributed by atoms with Gasteiger partial charge in [0.25, 0.3) is 17.3 Å². The number of carbonyl (C=O) groups excluding carboxylic acids is 6. The fourth-order valence-corrected chi connectivity index (χ4v) is 7.99. The number of carbonyl (C=O) groups is 5. The molecule has 0 bridgehead atoms. The number of hydrogen-bond acceptors (Lipinski definition) is 16. The van der Waals surface area contributed by atoms with Gasteiger partial charge in [-0.2, -0.15) is 0 Å². The van der Waals surface area contributed by atoms with Gasteiger partial charge in [-0.15, -0.1) is 0 Å². The van der Waals surface area contributed by atoms with E-state index in [4.69, 9.17) is 13.9 Å². The Morgan fingerprint density at radius 3 is 2.28 bits per heavy atom. The lowest BCUT2D eigenvalue weighted by Gasteiger charge is -2.31. The summed E-state index contributed by atoms with van der Waals surface area (Å²) in [6.45, 7) is 3.19. The van der Waals surface area contributed by atoms with Gasteiger partial charge in [-0.1, -0.05) is 56.3 Å². The lowest BCUT2D eigenvalue weighted by Crippen LogP contribution is -2.58. The molecule has 5 amide bonds. The molecule has 0 spiro atoms. The van der Waals surface area contributed by atoms with Crippen molar-refractivity contribution in [2.75, 3.05) is 32.1 Å². The van der Waals surface area contributed by atoms with Crippen LogP contribution in [-0.2, 0) is 48.2 Å². The Balaban J connectivity index is 1.33. The first-order valence-corrected chi connectivity index (χ1v) is 22.9. The van der Waals surface area contributed by atoms with Crippen LogP contribution in [0.5, 0.6) is 11.5 Å². The predicted molar refractivity (Wildman–Crippen MR) is 261 cm³/mol. The molecule has 1 saturated heterocycles. The number of nitrogens with one attached hydrogen (secondary N) is 5. The Hall–Kier alpha value is -8.53. The lowest BCUT2D eigenvalue weighted by molar-refractivity contribution is -0.393. The van der Waals surface area contributed by atoms with Crippen LogP contribution in [0.25, 0.3) is 11.0 Å². The maximum absolute atomic E-state index is 15.1. The van der Waals surface area contributed by atoms with Crippen LogP contribution in [0.3, 0.4) is 0 Å². The molecular weight excluding hydrogens is 937 g/mol. The molecule has 377 valence electrons. The van der Waals surface area contributed by atoms with E-state index in [1.54, 1.807) is 30.6 Å². The number of benzene rings is 4. The van der Waals surface area contributed by atoms with Crippen molar-refractivity contribution >= 4 is 63.9 Å². The van der Waals surface area contributed by atoms with E-state index in [0.29, 0.717) is 41.0 Å². The van der Waals surface area contributed by atoms with Crippen LogP contribution in [-0.4, -0.2) is 101 Å². The first kappa shape index (κ1) is 52.8. The van der Waals surface area contributed by atoms with Gasteiger partial charge in [-0.3, -0.25) is 53.9 Å². The fraction of sp³-hybridized carbons (Fsp3) is 0.340. The quantitative estimate of drug-likeness (QED) is 0.0334. The maximum Gasteiger partial charge on any atom is 0.336 e. The van der Waals surface area contributed by atoms with Crippen LogP contribution in [0.4, 0.5) is 17.1 Å². The van der Waals surface area contributed by atoms with Gasteiger partial charge in [0.1, 0.15) is 47.5 Å². The highest BCUT2D eigenvalue weighted by Gasteiger charge is 2.37. The van der Waals surface area contributed by atoms with Gasteiger partial charge in [0.05, 0.1) is 42.0 Å². The molecule has 5 aromatic rings. The van der Waals surface area contributed by atoms with Crippen LogP contribution in [0.2, 0.25) is 0 Å². The Morgan fingerprint density at radius 1 is 0.889 bits per heavy atom. The Bertz CT molecular complexity index is 2850. The van der Waals surface area contributed by atoms with Crippen molar-refractivity contribution < 1.29 is 52.5 Å². The Labute approximate surface area is 412 Å². The van der Waals surface area contributed by atoms with Gasteiger partial charge in [0, 0.05) is 36.6 Å². The molecule has 2 heterocycles. The van der Waals surface area contributed by atoms with E-state index in [9.17, 15) is 49.0 Å². The van der Waals surface area contributed by atoms with Crippen molar-refractivity contribution in [3.05, 3.63) is 144 Å². The van der Waals surface area contributed by atoms with E-state index >= 15 is 4.79 Å². The molecule has 4 aromatic carbocycles. The molecule has 0 unspecified atom stereocenters. The first-order valence-electron chi connectivity index (χ1n) is 22.9. The molecular formula is C50H53N8O14. The first-order chi connectivity index (χ1) is 34.5. The summed E-state index contributed by atoms with van der Waals surface area (Å²) >= 11 is 0. The summed E-state index contributed by atoms with van der Waals surface area (Å²) in [5.41, 5.74) is -1.11. The van der Waals surface area contributed by atoms with Crippen molar-refractivity contribution in [1.82, 2.24) is 26.2 Å². The van der Waals surface area contributed by atoms with Gasteiger partial charge in [-0.05, 0) is 78.7 Å². The fourth-order valence-electron chi connectivity index (χ4n) is 7.99. The standard InChI is InChI=1S/C50H53N8O14/c1-30(2)20-41(55-49(64)40-10-7-19-51-40)48(63)53-27-45(60)54-42(21-31-11-14-36(15-12-31)71-29-32-8-5-4-6-9-32)50(65)56(35(28-59)26-52-39-18-13-34(57(66)67)24-43(39)58(68)69)46(61)22-33-23-47(62)72-44-25-37(70-3)16-17-38(33)44/h4-6,8-9,11-18,23-25,30,35,40-42,51-52H,7,10,19-22,26-27,29H2,1-3H3,(H,53,63)(H,54,60)(H,55,64)/t35-,40-,41-,42-/m0/s1. The van der Waals surface area contributed by atoms with Crippen molar-refractivity contribution in [2.24, 2.45) is 5.92 Å². The third-order valence-corrected chi connectivity index (χ3v) is 11.6. The highest BCUT2D eigenvalue weighted by Crippen LogP contribution is 2.30. The number of amides is 5. The zero-order valence-electron chi connectivity index (χ0n) is 39.5. The largest absolute Gasteiger partial charge is 0.497 e. The van der Waals surface area contributed by atoms with E-state index < -0.39 is 94.2 Å². The number of methoxy groups -OCH3 is 1. The van der Waals surface area contributed by atoms with E-state index in [-0.39, 0.29) is 53.5 Å². The molecule has 1 aliphatic rings. The number of hydrogen-bond donors (Lipinski definition) is 5. The van der Waals surface area contributed by atoms with Gasteiger partial charge in [0.2, 0.25) is 29.9 Å². The van der Waals surface area contributed by atoms with Crippen molar-refractivity contribution in [3.8, 4) is 11.5 Å². The predicted octanol–water partition coefficient (Wildman–Crippen LogP) is 3.81. The SMILES string of the molecule is COc1ccc2c(CC(=O)N(C(=O)[C@H](Cc3ccc(OCc4ccccc4)cc3)NC(=O)CNC(=O)[C@H](CC(C)C)NC(=O)[C@@H]3CCCN3)[C@H]([C]=O)CNc3ccc([N+](=O)[O-])cc3[N+](=O)[O-])cc(=O)oc2c1. The van der Waals surface area contributed by atoms with Crippen LogP contribution >= 0.6 is 0 Å². The van der Waals surface area contributed by atoms with Crippen LogP contribution in [0, 0.1) is 26.1 Å². The van der Waals surface area contributed by atoms with Crippen molar-refractivity contribution in [2.45, 2.75) is 76.7 Å². The molecule has 22 nitrogen and oxygen atoms in total. The number of fused-ring (bicyclic) bond motifs is 1. The summed E-state index contributed by atoms with van der Waals surface area (Å²) < 4.78 is 16.5. The highest BCUT2D eigenvalue weighted by molar-refractivity contribution is 6.03. The third-order valence-electron chi connectivity index (χ3n) is 11.6. The van der Waals surface area contributed by atoms with Gasteiger partial charge in [-0.25, -0.2) is 4.79 Å². The summed E-state index contributed by atoms with van der Waals surface area (Å²) in [6.07, 6.45) is 2.24. The number of non-ortho nitro benzene ring substituents is 1. The van der Waals surface area contributed by atoms with E-state index in [2.05, 4.69) is 26.6 Å². The van der Waals surface area contributed by atoms with Crippen LogP contribution in [0.15, 0.2) is 106 Å². The number of nitrogens with zero attached hydrogens (tertiary/aromatic N) is 3. The third kappa shape index (κ3) is 14.3. The van der Waals surface area contributed by atoms with Crippen molar-refractivity contribution in [1.29, 1.82) is 0 Å². The molecule has 1 aromatic heterocycles. The van der Waals surface area contributed by atoms with Gasteiger partial charge in [0.15, 0.2) is 0 Å². The number of ether oxygens (including phenoxy) is 2. The molecule has 0 saturated carbocycles. The Kier molecular flexibility index (Phi) is 18.2. The number of nitro benzene ring substituents is 2. The second-order valence-corrected chi connectivity index (χ2v) is 17.3. The minimum Gasteiger partial charge on any atom is -0.497 e. The normalized spacial score (nSPS) is 14.3. The summed E-state index contributed by atoms with van der Waals surface area (Å²) in [5, 5.41) is 37.3. The van der Waals surface area contributed by atoms with E-state index in [1.165, 1.54) is 25.3 Å². The minimum atomic E-state index is -1.89. The Morgan fingerprint density at radius 2 is 1.62 bits per heavy atom. The number of anilines is 1. The smallest absolute Gasteiger partial charge is 0.336 e. The van der Waals surface area contributed by atoms with Crippen molar-refractivity contribution in [3.63, 3.8) is 0 Å². The monoisotopic (exact) mass is 989 g/mol. The van der Waals surface area contributed by atoms with Gasteiger partial charge < -0.3 is 40.5 Å². The highest BCUT2D eigenvalue weighted by atomic mass is 16.6. The number of imide groups is 1. The second kappa shape index (κ2) is 24.8. The second-order valence-electron chi connectivity index (χ2n) is 17.3. The molecule has 0 aliphatic carbocycles. The molecule has 5 N–H and O–H groups in total.